The number of thioether (sulfide) groups is 1. The molecule has 0 saturated carbocycles. The van der Waals surface area contributed by atoms with E-state index in [1.54, 1.807) is 11.8 Å². The first kappa shape index (κ1) is 9.35. The molecule has 0 aromatic rings. The van der Waals surface area contributed by atoms with Crippen LogP contribution in [0.3, 0.4) is 0 Å². The normalized spacial score (nSPS) is 23.9. The largest absolute Gasteiger partial charge is 0.480 e. The standard InChI is InChI=1S/C8H11NO2S/c9-7(8(10)11)5-6-3-1-2-4-12-6/h1-4,6-7H,5,9H2,(H,10,11). The number of aliphatic carboxylic acids is 1. The molecule has 0 aromatic carbocycles. The van der Waals surface area contributed by atoms with Crippen molar-refractivity contribution in [2.24, 2.45) is 5.73 Å². The molecule has 3 nitrogen and oxygen atoms in total. The molecule has 0 saturated heterocycles. The molecule has 12 heavy (non-hydrogen) atoms. The molecule has 66 valence electrons. The van der Waals surface area contributed by atoms with Gasteiger partial charge in [-0.15, -0.1) is 11.8 Å². The Kier molecular flexibility index (Phi) is 3.37. The van der Waals surface area contributed by atoms with E-state index in [2.05, 4.69) is 0 Å². The Morgan fingerprint density at radius 3 is 2.92 bits per heavy atom. The third kappa shape index (κ3) is 2.71. The number of carbonyl (C=O) groups is 1. The number of rotatable bonds is 3. The molecule has 1 aliphatic heterocycles. The van der Waals surface area contributed by atoms with E-state index < -0.39 is 12.0 Å². The molecule has 1 heterocycles. The van der Waals surface area contributed by atoms with Crippen molar-refractivity contribution in [1.82, 2.24) is 0 Å². The van der Waals surface area contributed by atoms with Gasteiger partial charge in [0.25, 0.3) is 0 Å². The molecule has 1 rings (SSSR count). The predicted octanol–water partition coefficient (Wildman–Crippen LogP) is 0.974. The van der Waals surface area contributed by atoms with Crippen LogP contribution in [0.25, 0.3) is 0 Å². The van der Waals surface area contributed by atoms with E-state index in [1.807, 2.05) is 23.6 Å². The average Bonchev–Trinajstić information content (AvgIpc) is 2.06. The summed E-state index contributed by atoms with van der Waals surface area (Å²) in [7, 11) is 0. The Bertz CT molecular complexity index is 225. The van der Waals surface area contributed by atoms with Crippen molar-refractivity contribution < 1.29 is 9.90 Å². The fourth-order valence-electron chi connectivity index (χ4n) is 0.910. The smallest absolute Gasteiger partial charge is 0.320 e. The third-order valence-corrected chi connectivity index (χ3v) is 2.59. The fourth-order valence-corrected chi connectivity index (χ4v) is 1.79. The van der Waals surface area contributed by atoms with Crippen LogP contribution in [0.2, 0.25) is 0 Å². The lowest BCUT2D eigenvalue weighted by Crippen LogP contribution is -2.32. The third-order valence-electron chi connectivity index (χ3n) is 1.57. The topological polar surface area (TPSA) is 63.3 Å². The Morgan fingerprint density at radius 2 is 2.42 bits per heavy atom. The minimum Gasteiger partial charge on any atom is -0.480 e. The fraction of sp³-hybridized carbons (Fsp3) is 0.375. The van der Waals surface area contributed by atoms with Crippen LogP contribution in [0.15, 0.2) is 23.6 Å². The summed E-state index contributed by atoms with van der Waals surface area (Å²) in [6, 6.07) is -0.751. The van der Waals surface area contributed by atoms with Crippen LogP contribution in [0.1, 0.15) is 6.42 Å². The highest BCUT2D eigenvalue weighted by Crippen LogP contribution is 2.21. The molecule has 0 fully saturated rings. The van der Waals surface area contributed by atoms with Crippen LogP contribution in [-0.2, 0) is 4.79 Å². The van der Waals surface area contributed by atoms with Gasteiger partial charge in [0.2, 0.25) is 0 Å². The van der Waals surface area contributed by atoms with Gasteiger partial charge in [0.15, 0.2) is 0 Å². The SMILES string of the molecule is NC(CC1C=CC=CS1)C(=O)O. The van der Waals surface area contributed by atoms with Crippen molar-refractivity contribution in [3.05, 3.63) is 23.6 Å². The van der Waals surface area contributed by atoms with Gasteiger partial charge >= 0.3 is 5.97 Å². The van der Waals surface area contributed by atoms with Crippen molar-refractivity contribution >= 4 is 17.7 Å². The van der Waals surface area contributed by atoms with Gasteiger partial charge in [-0.25, -0.2) is 0 Å². The molecule has 2 atom stereocenters. The van der Waals surface area contributed by atoms with Gasteiger partial charge in [-0.3, -0.25) is 4.79 Å². The van der Waals surface area contributed by atoms with Gasteiger partial charge < -0.3 is 10.8 Å². The average molecular weight is 185 g/mol. The lowest BCUT2D eigenvalue weighted by atomic mass is 10.1. The van der Waals surface area contributed by atoms with Crippen LogP contribution >= 0.6 is 11.8 Å². The highest BCUT2D eigenvalue weighted by molar-refractivity contribution is 8.02. The van der Waals surface area contributed by atoms with Crippen LogP contribution in [0, 0.1) is 0 Å². The molecule has 0 aromatic heterocycles. The van der Waals surface area contributed by atoms with Gasteiger partial charge in [0.1, 0.15) is 6.04 Å². The molecule has 0 bridgehead atoms. The molecule has 1 aliphatic rings. The minimum absolute atomic E-state index is 0.209. The second-order valence-electron chi connectivity index (χ2n) is 2.57. The number of hydrogen-bond acceptors (Lipinski definition) is 3. The second-order valence-corrected chi connectivity index (χ2v) is 3.72. The van der Waals surface area contributed by atoms with E-state index in [1.165, 1.54) is 0 Å². The van der Waals surface area contributed by atoms with Crippen molar-refractivity contribution in [2.45, 2.75) is 17.7 Å². The summed E-state index contributed by atoms with van der Waals surface area (Å²) < 4.78 is 0. The number of nitrogens with two attached hydrogens (primary N) is 1. The van der Waals surface area contributed by atoms with E-state index in [-0.39, 0.29) is 5.25 Å². The van der Waals surface area contributed by atoms with E-state index in [4.69, 9.17) is 10.8 Å². The number of allylic oxidation sites excluding steroid dienone is 2. The van der Waals surface area contributed by atoms with Crippen molar-refractivity contribution in [3.63, 3.8) is 0 Å². The van der Waals surface area contributed by atoms with Gasteiger partial charge in [-0.05, 0) is 11.8 Å². The molecular formula is C8H11NO2S. The highest BCUT2D eigenvalue weighted by Gasteiger charge is 2.16. The first-order valence-electron chi connectivity index (χ1n) is 3.67. The molecule has 0 aliphatic carbocycles. The minimum atomic E-state index is -0.932. The van der Waals surface area contributed by atoms with Crippen LogP contribution in [-0.4, -0.2) is 22.4 Å². The van der Waals surface area contributed by atoms with E-state index >= 15 is 0 Å². The lowest BCUT2D eigenvalue weighted by molar-refractivity contribution is -0.138. The molecule has 3 N–H and O–H groups in total. The maximum Gasteiger partial charge on any atom is 0.320 e. The van der Waals surface area contributed by atoms with E-state index in [9.17, 15) is 4.79 Å². The van der Waals surface area contributed by atoms with Crippen LogP contribution in [0.4, 0.5) is 0 Å². The molecule has 0 spiro atoms. The molecular weight excluding hydrogens is 174 g/mol. The number of hydrogen-bond donors (Lipinski definition) is 2. The maximum atomic E-state index is 10.4. The molecule has 0 amide bonds. The van der Waals surface area contributed by atoms with Crippen LogP contribution in [0.5, 0.6) is 0 Å². The Balaban J connectivity index is 2.36. The quantitative estimate of drug-likeness (QED) is 0.687. The monoisotopic (exact) mass is 185 g/mol. The molecule has 2 unspecified atom stereocenters. The summed E-state index contributed by atoms with van der Waals surface area (Å²) in [5, 5.41) is 10.7. The van der Waals surface area contributed by atoms with Crippen molar-refractivity contribution in [3.8, 4) is 0 Å². The van der Waals surface area contributed by atoms with Gasteiger partial charge in [-0.2, -0.15) is 0 Å². The second kappa shape index (κ2) is 4.33. The molecule has 0 radical (unpaired) electrons. The van der Waals surface area contributed by atoms with Crippen molar-refractivity contribution in [1.29, 1.82) is 0 Å². The van der Waals surface area contributed by atoms with Gasteiger partial charge in [-0.1, -0.05) is 18.2 Å². The van der Waals surface area contributed by atoms with Crippen molar-refractivity contribution in [2.75, 3.05) is 0 Å². The van der Waals surface area contributed by atoms with E-state index in [0.717, 1.165) is 0 Å². The maximum absolute atomic E-state index is 10.4. The Morgan fingerprint density at radius 1 is 1.67 bits per heavy atom. The number of carboxylic acids is 1. The lowest BCUT2D eigenvalue weighted by Gasteiger charge is -2.14. The zero-order valence-corrected chi connectivity index (χ0v) is 7.33. The first-order chi connectivity index (χ1) is 5.70. The summed E-state index contributed by atoms with van der Waals surface area (Å²) in [5.74, 6) is -0.932. The summed E-state index contributed by atoms with van der Waals surface area (Å²) in [5.41, 5.74) is 5.38. The van der Waals surface area contributed by atoms with E-state index in [0.29, 0.717) is 6.42 Å². The Labute approximate surface area is 75.3 Å². The van der Waals surface area contributed by atoms with Gasteiger partial charge in [0, 0.05) is 5.25 Å². The highest BCUT2D eigenvalue weighted by atomic mass is 32.2. The zero-order chi connectivity index (χ0) is 8.97. The molecule has 4 heteroatoms. The van der Waals surface area contributed by atoms with Crippen LogP contribution < -0.4 is 5.73 Å². The summed E-state index contributed by atoms with van der Waals surface area (Å²) >= 11 is 1.60. The summed E-state index contributed by atoms with van der Waals surface area (Å²) in [6.45, 7) is 0. The summed E-state index contributed by atoms with van der Waals surface area (Å²) in [4.78, 5) is 10.4. The Hall–Kier alpha value is -0.740. The zero-order valence-electron chi connectivity index (χ0n) is 6.51. The van der Waals surface area contributed by atoms with Gasteiger partial charge in [0.05, 0.1) is 0 Å². The first-order valence-corrected chi connectivity index (χ1v) is 4.61. The predicted molar refractivity (Wildman–Crippen MR) is 49.9 cm³/mol. The number of carboxylic acid groups (broad SMARTS) is 1. The summed E-state index contributed by atoms with van der Waals surface area (Å²) in [6.07, 6.45) is 6.29.